The van der Waals surface area contributed by atoms with E-state index in [1.165, 1.54) is 18.4 Å². The van der Waals surface area contributed by atoms with Gasteiger partial charge in [0.1, 0.15) is 5.01 Å². The molecular weight excluding hydrogens is 350 g/mol. The maximum absolute atomic E-state index is 12.1. The van der Waals surface area contributed by atoms with Gasteiger partial charge in [0.05, 0.1) is 18.4 Å². The fourth-order valence-electron chi connectivity index (χ4n) is 2.32. The number of hydrogen-bond donors (Lipinski definition) is 1. The Kier molecular flexibility index (Phi) is 5.70. The van der Waals surface area contributed by atoms with Gasteiger partial charge in [-0.05, 0) is 42.8 Å². The van der Waals surface area contributed by atoms with Crippen LogP contribution < -0.4 is 5.32 Å². The Bertz CT molecular complexity index is 892. The monoisotopic (exact) mass is 367 g/mol. The van der Waals surface area contributed by atoms with Gasteiger partial charge < -0.3 is 10.1 Å². The summed E-state index contributed by atoms with van der Waals surface area (Å²) in [6, 6.07) is 10.4. The van der Waals surface area contributed by atoms with Crippen molar-refractivity contribution in [2.24, 2.45) is 0 Å². The number of thiazole rings is 1. The number of hydrogen-bond acceptors (Lipinski definition) is 6. The van der Waals surface area contributed by atoms with Crippen molar-refractivity contribution in [1.82, 2.24) is 9.97 Å². The number of aromatic nitrogens is 2. The quantitative estimate of drug-likeness (QED) is 0.674. The van der Waals surface area contributed by atoms with Crippen LogP contribution in [0.4, 0.5) is 5.69 Å². The Morgan fingerprint density at radius 3 is 2.69 bits per heavy atom. The Hall–Kier alpha value is -3.06. The smallest absolute Gasteiger partial charge is 0.337 e. The maximum Gasteiger partial charge on any atom is 0.337 e. The number of carbonyl (C=O) groups is 2. The average Bonchev–Trinajstić information content (AvgIpc) is 3.16. The third-order valence-electron chi connectivity index (χ3n) is 3.66. The summed E-state index contributed by atoms with van der Waals surface area (Å²) in [7, 11) is 1.33. The van der Waals surface area contributed by atoms with Crippen molar-refractivity contribution in [2.45, 2.75) is 12.8 Å². The number of amides is 1. The van der Waals surface area contributed by atoms with Crippen molar-refractivity contribution in [2.75, 3.05) is 12.4 Å². The second-order valence-corrected chi connectivity index (χ2v) is 6.36. The van der Waals surface area contributed by atoms with Gasteiger partial charge in [-0.2, -0.15) is 0 Å². The first kappa shape index (κ1) is 17.8. The van der Waals surface area contributed by atoms with E-state index in [1.807, 2.05) is 17.5 Å². The molecule has 0 radical (unpaired) electrons. The van der Waals surface area contributed by atoms with E-state index in [1.54, 1.807) is 36.7 Å². The lowest BCUT2D eigenvalue weighted by Crippen LogP contribution is -2.12. The largest absolute Gasteiger partial charge is 0.465 e. The molecule has 2 heterocycles. The zero-order valence-electron chi connectivity index (χ0n) is 14.1. The number of aryl methyl sites for hydroxylation is 1. The number of anilines is 1. The van der Waals surface area contributed by atoms with Crippen molar-refractivity contribution < 1.29 is 14.3 Å². The Labute approximate surface area is 154 Å². The van der Waals surface area contributed by atoms with E-state index in [0.29, 0.717) is 24.1 Å². The van der Waals surface area contributed by atoms with E-state index in [-0.39, 0.29) is 5.91 Å². The summed E-state index contributed by atoms with van der Waals surface area (Å²) >= 11 is 1.54. The highest BCUT2D eigenvalue weighted by atomic mass is 32.1. The van der Waals surface area contributed by atoms with Crippen LogP contribution in [0, 0.1) is 0 Å². The molecule has 0 bridgehead atoms. The van der Waals surface area contributed by atoms with E-state index in [9.17, 15) is 9.59 Å². The standard InChI is InChI=1S/C19H17N3O3S/c1-25-19(24)13-4-6-15(7-5-13)21-17(23)9-8-16-12-26-18(22-16)14-3-2-10-20-11-14/h2-7,10-12H,8-9H2,1H3,(H,21,23). The van der Waals surface area contributed by atoms with E-state index < -0.39 is 5.97 Å². The molecule has 132 valence electrons. The number of benzene rings is 1. The van der Waals surface area contributed by atoms with Crippen LogP contribution in [0.15, 0.2) is 54.2 Å². The van der Waals surface area contributed by atoms with Crippen LogP contribution in [-0.2, 0) is 16.0 Å². The maximum atomic E-state index is 12.1. The van der Waals surface area contributed by atoms with Gasteiger partial charge in [0, 0.05) is 35.4 Å². The number of esters is 1. The van der Waals surface area contributed by atoms with E-state index in [4.69, 9.17) is 0 Å². The molecule has 1 N–H and O–H groups in total. The fraction of sp³-hybridized carbons (Fsp3) is 0.158. The molecule has 0 aliphatic carbocycles. The predicted molar refractivity (Wildman–Crippen MR) is 100 cm³/mol. The zero-order valence-corrected chi connectivity index (χ0v) is 15.0. The Balaban J connectivity index is 1.53. The molecule has 3 aromatic rings. The molecule has 1 aromatic carbocycles. The normalized spacial score (nSPS) is 10.3. The molecule has 6 nitrogen and oxygen atoms in total. The lowest BCUT2D eigenvalue weighted by atomic mass is 10.2. The van der Waals surface area contributed by atoms with Gasteiger partial charge in [0.15, 0.2) is 0 Å². The van der Waals surface area contributed by atoms with Crippen LogP contribution in [0.5, 0.6) is 0 Å². The molecule has 0 saturated carbocycles. The van der Waals surface area contributed by atoms with Crippen LogP contribution in [0.2, 0.25) is 0 Å². The summed E-state index contributed by atoms with van der Waals surface area (Å²) in [5.74, 6) is -0.512. The zero-order chi connectivity index (χ0) is 18.4. The summed E-state index contributed by atoms with van der Waals surface area (Å²) < 4.78 is 4.64. The minimum atomic E-state index is -0.407. The number of pyridine rings is 1. The van der Waals surface area contributed by atoms with Gasteiger partial charge in [0.2, 0.25) is 5.91 Å². The van der Waals surface area contributed by atoms with E-state index >= 15 is 0 Å². The first-order valence-corrected chi connectivity index (χ1v) is 8.86. The average molecular weight is 367 g/mol. The third kappa shape index (κ3) is 4.52. The van der Waals surface area contributed by atoms with Gasteiger partial charge >= 0.3 is 5.97 Å². The number of methoxy groups -OCH3 is 1. The number of rotatable bonds is 6. The molecule has 0 spiro atoms. The predicted octanol–water partition coefficient (Wildman–Crippen LogP) is 3.56. The highest BCUT2D eigenvalue weighted by Gasteiger charge is 2.09. The minimum absolute atomic E-state index is 0.105. The van der Waals surface area contributed by atoms with Crippen LogP contribution in [0.3, 0.4) is 0 Å². The molecule has 0 fully saturated rings. The van der Waals surface area contributed by atoms with Gasteiger partial charge in [-0.1, -0.05) is 0 Å². The summed E-state index contributed by atoms with van der Waals surface area (Å²) in [6.07, 6.45) is 4.38. The molecule has 0 atom stereocenters. The molecule has 0 saturated heterocycles. The molecular formula is C19H17N3O3S. The first-order chi connectivity index (χ1) is 12.7. The Morgan fingerprint density at radius 2 is 2.00 bits per heavy atom. The summed E-state index contributed by atoms with van der Waals surface area (Å²) in [5.41, 5.74) is 2.93. The SMILES string of the molecule is COC(=O)c1ccc(NC(=O)CCc2csc(-c3cccnc3)n2)cc1. The number of carbonyl (C=O) groups excluding carboxylic acids is 2. The lowest BCUT2D eigenvalue weighted by Gasteiger charge is -2.05. The van der Waals surface area contributed by atoms with Gasteiger partial charge in [-0.3, -0.25) is 9.78 Å². The van der Waals surface area contributed by atoms with Crippen molar-refractivity contribution >= 4 is 28.9 Å². The molecule has 26 heavy (non-hydrogen) atoms. The van der Waals surface area contributed by atoms with Gasteiger partial charge in [-0.15, -0.1) is 11.3 Å². The molecule has 1 amide bonds. The summed E-state index contributed by atoms with van der Waals surface area (Å²) in [4.78, 5) is 32.1. The third-order valence-corrected chi connectivity index (χ3v) is 4.60. The molecule has 7 heteroatoms. The first-order valence-electron chi connectivity index (χ1n) is 7.99. The number of nitrogens with one attached hydrogen (secondary N) is 1. The lowest BCUT2D eigenvalue weighted by molar-refractivity contribution is -0.116. The van der Waals surface area contributed by atoms with Gasteiger partial charge in [-0.25, -0.2) is 9.78 Å². The minimum Gasteiger partial charge on any atom is -0.465 e. The van der Waals surface area contributed by atoms with E-state index in [2.05, 4.69) is 20.0 Å². The second-order valence-electron chi connectivity index (χ2n) is 5.50. The summed E-state index contributed by atoms with van der Waals surface area (Å²) in [5, 5.41) is 5.66. The van der Waals surface area contributed by atoms with E-state index in [0.717, 1.165) is 16.3 Å². The number of nitrogens with zero attached hydrogens (tertiary/aromatic N) is 2. The Morgan fingerprint density at radius 1 is 1.19 bits per heavy atom. The molecule has 0 aliphatic rings. The van der Waals surface area contributed by atoms with Gasteiger partial charge in [0.25, 0.3) is 0 Å². The highest BCUT2D eigenvalue weighted by Crippen LogP contribution is 2.23. The van der Waals surface area contributed by atoms with Crippen LogP contribution in [-0.4, -0.2) is 29.0 Å². The highest BCUT2D eigenvalue weighted by molar-refractivity contribution is 7.13. The summed E-state index contributed by atoms with van der Waals surface area (Å²) in [6.45, 7) is 0. The van der Waals surface area contributed by atoms with Crippen LogP contribution in [0.1, 0.15) is 22.5 Å². The fourth-order valence-corrected chi connectivity index (χ4v) is 3.16. The number of ether oxygens (including phenoxy) is 1. The molecule has 2 aromatic heterocycles. The molecule has 0 unspecified atom stereocenters. The van der Waals surface area contributed by atoms with Crippen LogP contribution >= 0.6 is 11.3 Å². The van der Waals surface area contributed by atoms with Crippen molar-refractivity contribution in [3.8, 4) is 10.6 Å². The topological polar surface area (TPSA) is 81.2 Å². The van der Waals surface area contributed by atoms with Crippen molar-refractivity contribution in [1.29, 1.82) is 0 Å². The van der Waals surface area contributed by atoms with Crippen LogP contribution in [0.25, 0.3) is 10.6 Å². The molecule has 0 aliphatic heterocycles. The van der Waals surface area contributed by atoms with Crippen molar-refractivity contribution in [3.05, 3.63) is 65.4 Å². The molecule has 3 rings (SSSR count). The second kappa shape index (κ2) is 8.35. The van der Waals surface area contributed by atoms with Crippen molar-refractivity contribution in [3.63, 3.8) is 0 Å².